The highest BCUT2D eigenvalue weighted by Gasteiger charge is 2.20. The standard InChI is InChI=1S/C11H19N4O4P/c16-9-6-12-7-13-11-10(9)15(8-14-11)4-2-1-3-5-20(17,18)19/h7-9,16H,1-6H2,(H,12,13)(H2,17,18,19). The van der Waals surface area contributed by atoms with Crippen LogP contribution in [0.2, 0.25) is 0 Å². The Balaban J connectivity index is 1.86. The number of nitrogens with zero attached hydrogens (tertiary/aromatic N) is 3. The highest BCUT2D eigenvalue weighted by molar-refractivity contribution is 7.51. The molecular formula is C11H19N4O4P. The maximum Gasteiger partial charge on any atom is 0.325 e. The van der Waals surface area contributed by atoms with Crippen LogP contribution in [0, 0.1) is 0 Å². The van der Waals surface area contributed by atoms with E-state index in [4.69, 9.17) is 9.79 Å². The lowest BCUT2D eigenvalue weighted by molar-refractivity contribution is 0.178. The van der Waals surface area contributed by atoms with E-state index in [2.05, 4.69) is 15.3 Å². The quantitative estimate of drug-likeness (QED) is 0.454. The number of aliphatic hydroxyl groups excluding tert-OH is 1. The molecule has 112 valence electrons. The number of imidazole rings is 1. The number of hydrogen-bond donors (Lipinski definition) is 4. The van der Waals surface area contributed by atoms with E-state index in [0.29, 0.717) is 31.0 Å². The Kier molecular flexibility index (Phi) is 4.93. The van der Waals surface area contributed by atoms with Gasteiger partial charge < -0.3 is 24.8 Å². The van der Waals surface area contributed by atoms with Gasteiger partial charge in [-0.2, -0.15) is 0 Å². The first-order valence-corrected chi connectivity index (χ1v) is 8.29. The van der Waals surface area contributed by atoms with Gasteiger partial charge in [-0.05, 0) is 12.8 Å². The molecule has 1 unspecified atom stereocenters. The van der Waals surface area contributed by atoms with Gasteiger partial charge in [0.15, 0.2) is 5.82 Å². The van der Waals surface area contributed by atoms with Crippen LogP contribution < -0.4 is 5.32 Å². The van der Waals surface area contributed by atoms with Crippen LogP contribution in [-0.4, -0.2) is 43.5 Å². The number of aryl methyl sites for hydroxylation is 1. The Morgan fingerprint density at radius 2 is 2.20 bits per heavy atom. The summed E-state index contributed by atoms with van der Waals surface area (Å²) in [5.41, 5.74) is 0.706. The third-order valence-corrected chi connectivity index (χ3v) is 4.01. The average Bonchev–Trinajstić information content (AvgIpc) is 2.66. The molecule has 8 nitrogen and oxygen atoms in total. The van der Waals surface area contributed by atoms with Crippen molar-refractivity contribution in [3.8, 4) is 0 Å². The summed E-state index contributed by atoms with van der Waals surface area (Å²) < 4.78 is 12.6. The van der Waals surface area contributed by atoms with E-state index in [1.165, 1.54) is 6.34 Å². The van der Waals surface area contributed by atoms with Crippen molar-refractivity contribution in [2.75, 3.05) is 18.0 Å². The van der Waals surface area contributed by atoms with Gasteiger partial charge in [0.05, 0.1) is 24.9 Å². The molecule has 1 aromatic rings. The summed E-state index contributed by atoms with van der Waals surface area (Å²) in [6, 6.07) is 0. The molecule has 2 rings (SSSR count). The minimum Gasteiger partial charge on any atom is -0.385 e. The summed E-state index contributed by atoms with van der Waals surface area (Å²) in [5.74, 6) is 0.606. The Bertz CT molecular complexity index is 524. The average molecular weight is 302 g/mol. The fourth-order valence-corrected chi connectivity index (χ4v) is 2.79. The highest BCUT2D eigenvalue weighted by atomic mass is 31.2. The number of nitrogens with one attached hydrogen (secondary N) is 1. The summed E-state index contributed by atoms with van der Waals surface area (Å²) in [6.45, 7) is 0.951. The molecule has 0 bridgehead atoms. The number of unbranched alkanes of at least 4 members (excludes halogenated alkanes) is 2. The van der Waals surface area contributed by atoms with E-state index in [9.17, 15) is 9.67 Å². The van der Waals surface area contributed by atoms with Crippen LogP contribution in [0.1, 0.15) is 31.1 Å². The van der Waals surface area contributed by atoms with Crippen LogP contribution in [-0.2, 0) is 11.1 Å². The van der Waals surface area contributed by atoms with Crippen molar-refractivity contribution in [2.45, 2.75) is 31.9 Å². The molecule has 1 atom stereocenters. The molecule has 0 radical (unpaired) electrons. The Hall–Kier alpha value is -1.21. The van der Waals surface area contributed by atoms with Crippen molar-refractivity contribution in [1.29, 1.82) is 0 Å². The molecule has 0 saturated carbocycles. The molecule has 9 heteroatoms. The van der Waals surface area contributed by atoms with Gasteiger partial charge >= 0.3 is 7.60 Å². The molecule has 1 aliphatic heterocycles. The SMILES string of the molecule is O=P(O)(O)CCCCCn1cnc2c1C(O)CN=CN2. The zero-order valence-corrected chi connectivity index (χ0v) is 11.9. The van der Waals surface area contributed by atoms with Crippen LogP contribution in [0.15, 0.2) is 11.3 Å². The van der Waals surface area contributed by atoms with Gasteiger partial charge in [-0.3, -0.25) is 9.56 Å². The van der Waals surface area contributed by atoms with E-state index in [1.54, 1.807) is 6.33 Å². The summed E-state index contributed by atoms with van der Waals surface area (Å²) in [6.07, 6.45) is 4.40. The summed E-state index contributed by atoms with van der Waals surface area (Å²) in [4.78, 5) is 25.7. The first kappa shape index (κ1) is 15.2. The van der Waals surface area contributed by atoms with Crippen LogP contribution >= 0.6 is 7.60 Å². The van der Waals surface area contributed by atoms with E-state index >= 15 is 0 Å². The van der Waals surface area contributed by atoms with Crippen molar-refractivity contribution < 1.29 is 19.5 Å². The number of aliphatic hydroxyl groups is 1. The molecule has 1 aliphatic rings. The van der Waals surface area contributed by atoms with Crippen LogP contribution in [0.25, 0.3) is 0 Å². The zero-order valence-electron chi connectivity index (χ0n) is 11.0. The summed E-state index contributed by atoms with van der Waals surface area (Å²) >= 11 is 0. The van der Waals surface area contributed by atoms with Crippen LogP contribution in [0.5, 0.6) is 0 Å². The molecule has 0 aliphatic carbocycles. The highest BCUT2D eigenvalue weighted by Crippen LogP contribution is 2.35. The second kappa shape index (κ2) is 6.49. The van der Waals surface area contributed by atoms with Crippen LogP contribution in [0.4, 0.5) is 5.82 Å². The van der Waals surface area contributed by atoms with Gasteiger partial charge in [0.2, 0.25) is 0 Å². The second-order valence-corrected chi connectivity index (χ2v) is 6.55. The summed E-state index contributed by atoms with van der Waals surface area (Å²) in [7, 11) is -3.89. The number of anilines is 1. The smallest absolute Gasteiger partial charge is 0.325 e. The molecule has 4 N–H and O–H groups in total. The molecule has 0 amide bonds. The third kappa shape index (κ3) is 4.14. The molecular weight excluding hydrogens is 283 g/mol. The Morgan fingerprint density at radius 3 is 2.95 bits per heavy atom. The number of fused-ring (bicyclic) bond motifs is 1. The molecule has 0 aromatic carbocycles. The lowest BCUT2D eigenvalue weighted by atomic mass is 10.2. The third-order valence-electron chi connectivity index (χ3n) is 3.11. The van der Waals surface area contributed by atoms with Crippen LogP contribution in [0.3, 0.4) is 0 Å². The van der Waals surface area contributed by atoms with Crippen molar-refractivity contribution in [2.24, 2.45) is 4.99 Å². The number of aliphatic imine (C=N–C) groups is 1. The predicted molar refractivity (Wildman–Crippen MR) is 74.9 cm³/mol. The molecule has 2 heterocycles. The Labute approximate surface area is 116 Å². The van der Waals surface area contributed by atoms with Crippen molar-refractivity contribution in [3.63, 3.8) is 0 Å². The normalized spacial score (nSPS) is 18.4. The number of aromatic nitrogens is 2. The van der Waals surface area contributed by atoms with Crippen molar-refractivity contribution >= 4 is 19.8 Å². The fourth-order valence-electron chi connectivity index (χ4n) is 2.15. The van der Waals surface area contributed by atoms with Gasteiger partial charge in [-0.25, -0.2) is 4.98 Å². The molecule has 0 spiro atoms. The van der Waals surface area contributed by atoms with Gasteiger partial charge in [-0.15, -0.1) is 0 Å². The fraction of sp³-hybridized carbons (Fsp3) is 0.636. The maximum absolute atomic E-state index is 10.7. The van der Waals surface area contributed by atoms with Crippen molar-refractivity contribution in [1.82, 2.24) is 9.55 Å². The monoisotopic (exact) mass is 302 g/mol. The van der Waals surface area contributed by atoms with E-state index in [1.807, 2.05) is 4.57 Å². The lowest BCUT2D eigenvalue weighted by Crippen LogP contribution is -2.10. The first-order valence-electron chi connectivity index (χ1n) is 6.50. The van der Waals surface area contributed by atoms with Gasteiger partial charge in [-0.1, -0.05) is 6.42 Å². The van der Waals surface area contributed by atoms with Gasteiger partial charge in [0.25, 0.3) is 0 Å². The van der Waals surface area contributed by atoms with E-state index < -0.39 is 13.7 Å². The minimum atomic E-state index is -3.89. The molecule has 1 aromatic heterocycles. The Morgan fingerprint density at radius 1 is 1.40 bits per heavy atom. The van der Waals surface area contributed by atoms with Gasteiger partial charge in [0.1, 0.15) is 6.10 Å². The number of hydrogen-bond acceptors (Lipinski definition) is 5. The molecule has 20 heavy (non-hydrogen) atoms. The minimum absolute atomic E-state index is 0.0763. The van der Waals surface area contributed by atoms with E-state index in [-0.39, 0.29) is 6.16 Å². The number of rotatable bonds is 6. The topological polar surface area (TPSA) is 120 Å². The lowest BCUT2D eigenvalue weighted by Gasteiger charge is -2.12. The molecule has 0 fully saturated rings. The van der Waals surface area contributed by atoms with E-state index in [0.717, 1.165) is 12.8 Å². The second-order valence-electron chi connectivity index (χ2n) is 4.78. The zero-order chi connectivity index (χ0) is 14.6. The van der Waals surface area contributed by atoms with Gasteiger partial charge in [0, 0.05) is 12.7 Å². The predicted octanol–water partition coefficient (Wildman–Crippen LogP) is 0.718. The maximum atomic E-state index is 10.7. The first-order chi connectivity index (χ1) is 9.47. The summed E-state index contributed by atoms with van der Waals surface area (Å²) in [5, 5.41) is 12.9. The van der Waals surface area contributed by atoms with Crippen molar-refractivity contribution in [3.05, 3.63) is 12.0 Å². The molecule has 0 saturated heterocycles. The largest absolute Gasteiger partial charge is 0.385 e.